The van der Waals surface area contributed by atoms with Crippen LogP contribution in [0.2, 0.25) is 0 Å². The van der Waals surface area contributed by atoms with Gasteiger partial charge in [0.15, 0.2) is 0 Å². The third-order valence-corrected chi connectivity index (χ3v) is 4.30. The van der Waals surface area contributed by atoms with Crippen molar-refractivity contribution in [3.8, 4) is 11.4 Å². The predicted molar refractivity (Wildman–Crippen MR) is 76.5 cm³/mol. The Morgan fingerprint density at radius 1 is 1.20 bits per heavy atom. The van der Waals surface area contributed by atoms with E-state index < -0.39 is 0 Å². The van der Waals surface area contributed by atoms with Crippen molar-refractivity contribution in [2.75, 3.05) is 11.4 Å². The number of hydrogen-bond donors (Lipinski definition) is 0. The van der Waals surface area contributed by atoms with Gasteiger partial charge in [0.25, 0.3) is 0 Å². The Labute approximate surface area is 118 Å². The van der Waals surface area contributed by atoms with Gasteiger partial charge in [-0.05, 0) is 32.6 Å². The fourth-order valence-corrected chi connectivity index (χ4v) is 2.99. The molecule has 0 bridgehead atoms. The highest BCUT2D eigenvalue weighted by molar-refractivity contribution is 5.62. The first-order chi connectivity index (χ1) is 9.83. The molecule has 2 aliphatic rings. The lowest BCUT2D eigenvalue weighted by atomic mass is 10.1. The zero-order valence-electron chi connectivity index (χ0n) is 11.6. The van der Waals surface area contributed by atoms with E-state index in [0.717, 1.165) is 43.1 Å². The number of fused-ring (bicyclic) bond motifs is 1. The van der Waals surface area contributed by atoms with Crippen LogP contribution in [0.5, 0.6) is 0 Å². The average Bonchev–Trinajstić information content (AvgIpc) is 2.94. The molecular formula is C15H17N5. The molecule has 20 heavy (non-hydrogen) atoms. The van der Waals surface area contributed by atoms with Gasteiger partial charge in [-0.15, -0.1) is 0 Å². The monoisotopic (exact) mass is 267 g/mol. The summed E-state index contributed by atoms with van der Waals surface area (Å²) in [5, 5.41) is 0. The molecule has 5 heteroatoms. The highest BCUT2D eigenvalue weighted by Crippen LogP contribution is 2.32. The lowest BCUT2D eigenvalue weighted by Gasteiger charge is -2.39. The van der Waals surface area contributed by atoms with E-state index in [2.05, 4.69) is 21.8 Å². The summed E-state index contributed by atoms with van der Waals surface area (Å²) in [5.41, 5.74) is 4.31. The Morgan fingerprint density at radius 3 is 2.85 bits per heavy atom. The molecule has 102 valence electrons. The highest BCUT2D eigenvalue weighted by Gasteiger charge is 2.29. The molecule has 0 N–H and O–H groups in total. The standard InChI is InChI=1S/C15H17N5/c1-10-5-8-20(10)15-18-12-4-2-3-11(12)14(19-15)13-9-16-6-7-17-13/h6-7,9-10H,2-5,8H2,1H3/t10-/m0/s1. The molecule has 0 spiro atoms. The van der Waals surface area contributed by atoms with E-state index in [9.17, 15) is 0 Å². The molecule has 5 nitrogen and oxygen atoms in total. The minimum Gasteiger partial charge on any atom is -0.338 e. The zero-order chi connectivity index (χ0) is 13.5. The number of aromatic nitrogens is 4. The molecule has 0 saturated carbocycles. The zero-order valence-corrected chi connectivity index (χ0v) is 11.6. The van der Waals surface area contributed by atoms with Crippen LogP contribution < -0.4 is 4.90 Å². The van der Waals surface area contributed by atoms with E-state index in [1.54, 1.807) is 18.6 Å². The van der Waals surface area contributed by atoms with Crippen molar-refractivity contribution in [3.05, 3.63) is 29.8 Å². The minimum atomic E-state index is 0.546. The van der Waals surface area contributed by atoms with Gasteiger partial charge in [0.05, 0.1) is 11.9 Å². The molecule has 3 heterocycles. The molecule has 1 saturated heterocycles. The molecule has 1 aliphatic carbocycles. The Bertz CT molecular complexity index is 640. The fourth-order valence-electron chi connectivity index (χ4n) is 2.99. The lowest BCUT2D eigenvalue weighted by Crippen LogP contribution is -2.46. The first kappa shape index (κ1) is 11.8. The summed E-state index contributed by atoms with van der Waals surface area (Å²) in [6.07, 6.45) is 9.72. The van der Waals surface area contributed by atoms with E-state index in [1.807, 2.05) is 0 Å². The molecule has 4 rings (SSSR count). The van der Waals surface area contributed by atoms with Crippen LogP contribution in [-0.2, 0) is 12.8 Å². The second kappa shape index (κ2) is 4.51. The third kappa shape index (κ3) is 1.77. The molecule has 2 aromatic rings. The van der Waals surface area contributed by atoms with E-state index in [1.165, 1.54) is 17.7 Å². The van der Waals surface area contributed by atoms with Gasteiger partial charge in [0.2, 0.25) is 5.95 Å². The maximum Gasteiger partial charge on any atom is 0.226 e. The van der Waals surface area contributed by atoms with Crippen LogP contribution in [0.15, 0.2) is 18.6 Å². The van der Waals surface area contributed by atoms with E-state index in [0.29, 0.717) is 6.04 Å². The van der Waals surface area contributed by atoms with Crippen molar-refractivity contribution in [1.82, 2.24) is 19.9 Å². The normalized spacial score (nSPS) is 20.6. The van der Waals surface area contributed by atoms with Crippen molar-refractivity contribution in [1.29, 1.82) is 0 Å². The maximum absolute atomic E-state index is 4.80. The van der Waals surface area contributed by atoms with Gasteiger partial charge in [0, 0.05) is 36.2 Å². The quantitative estimate of drug-likeness (QED) is 0.833. The SMILES string of the molecule is C[C@H]1CCN1c1nc2c(c(-c3cnccn3)n1)CCC2. The first-order valence-corrected chi connectivity index (χ1v) is 7.26. The number of rotatable bonds is 2. The maximum atomic E-state index is 4.80. The summed E-state index contributed by atoms with van der Waals surface area (Å²) in [6.45, 7) is 3.28. The van der Waals surface area contributed by atoms with Gasteiger partial charge >= 0.3 is 0 Å². The van der Waals surface area contributed by atoms with Crippen LogP contribution in [0.1, 0.15) is 31.0 Å². The number of hydrogen-bond acceptors (Lipinski definition) is 5. The van der Waals surface area contributed by atoms with Crippen molar-refractivity contribution < 1.29 is 0 Å². The lowest BCUT2D eigenvalue weighted by molar-refractivity contribution is 0.470. The van der Waals surface area contributed by atoms with Gasteiger partial charge < -0.3 is 4.90 Å². The molecule has 1 fully saturated rings. The fraction of sp³-hybridized carbons (Fsp3) is 0.467. The van der Waals surface area contributed by atoms with Crippen molar-refractivity contribution in [3.63, 3.8) is 0 Å². The van der Waals surface area contributed by atoms with E-state index >= 15 is 0 Å². The smallest absolute Gasteiger partial charge is 0.226 e. The first-order valence-electron chi connectivity index (χ1n) is 7.26. The van der Waals surface area contributed by atoms with Crippen LogP contribution in [0.25, 0.3) is 11.4 Å². The van der Waals surface area contributed by atoms with Crippen LogP contribution in [0, 0.1) is 0 Å². The summed E-state index contributed by atoms with van der Waals surface area (Å²) in [5.74, 6) is 0.866. The predicted octanol–water partition coefficient (Wildman–Crippen LogP) is 2.02. The Morgan fingerprint density at radius 2 is 2.15 bits per heavy atom. The van der Waals surface area contributed by atoms with Crippen LogP contribution in [-0.4, -0.2) is 32.5 Å². The highest BCUT2D eigenvalue weighted by atomic mass is 15.3. The molecule has 1 aliphatic heterocycles. The van der Waals surface area contributed by atoms with Gasteiger partial charge in [-0.25, -0.2) is 9.97 Å². The van der Waals surface area contributed by atoms with Crippen molar-refractivity contribution in [2.24, 2.45) is 0 Å². The topological polar surface area (TPSA) is 54.8 Å². The van der Waals surface area contributed by atoms with Gasteiger partial charge in [-0.2, -0.15) is 0 Å². The molecule has 0 amide bonds. The number of nitrogens with zero attached hydrogens (tertiary/aromatic N) is 5. The summed E-state index contributed by atoms with van der Waals surface area (Å²) in [7, 11) is 0. The average molecular weight is 267 g/mol. The van der Waals surface area contributed by atoms with Gasteiger partial charge in [0.1, 0.15) is 5.69 Å². The number of anilines is 1. The number of aryl methyl sites for hydroxylation is 1. The molecule has 2 aromatic heterocycles. The minimum absolute atomic E-state index is 0.546. The van der Waals surface area contributed by atoms with Gasteiger partial charge in [-0.3, -0.25) is 9.97 Å². The van der Waals surface area contributed by atoms with Crippen LogP contribution in [0.3, 0.4) is 0 Å². The van der Waals surface area contributed by atoms with Crippen molar-refractivity contribution >= 4 is 5.95 Å². The largest absolute Gasteiger partial charge is 0.338 e. The molecule has 0 unspecified atom stereocenters. The Balaban J connectivity index is 1.85. The van der Waals surface area contributed by atoms with Crippen molar-refractivity contribution in [2.45, 2.75) is 38.6 Å². The summed E-state index contributed by atoms with van der Waals surface area (Å²) in [4.78, 5) is 20.4. The van der Waals surface area contributed by atoms with Gasteiger partial charge in [-0.1, -0.05) is 0 Å². The Hall–Kier alpha value is -2.04. The molecular weight excluding hydrogens is 250 g/mol. The van der Waals surface area contributed by atoms with E-state index in [-0.39, 0.29) is 0 Å². The second-order valence-electron chi connectivity index (χ2n) is 5.57. The molecule has 1 atom stereocenters. The van der Waals surface area contributed by atoms with Crippen LogP contribution >= 0.6 is 0 Å². The molecule has 0 radical (unpaired) electrons. The second-order valence-corrected chi connectivity index (χ2v) is 5.57. The summed E-state index contributed by atoms with van der Waals surface area (Å²) < 4.78 is 0. The van der Waals surface area contributed by atoms with Crippen LogP contribution in [0.4, 0.5) is 5.95 Å². The summed E-state index contributed by atoms with van der Waals surface area (Å²) >= 11 is 0. The third-order valence-electron chi connectivity index (χ3n) is 4.30. The Kier molecular flexibility index (Phi) is 2.65. The van der Waals surface area contributed by atoms with E-state index in [4.69, 9.17) is 9.97 Å². The summed E-state index contributed by atoms with van der Waals surface area (Å²) in [6, 6.07) is 0.546. The molecule has 0 aromatic carbocycles.